The van der Waals surface area contributed by atoms with Crippen LogP contribution in [0.2, 0.25) is 0 Å². The van der Waals surface area contributed by atoms with E-state index in [2.05, 4.69) is 16.8 Å². The lowest BCUT2D eigenvalue weighted by atomic mass is 9.99. The molecule has 1 saturated heterocycles. The van der Waals surface area contributed by atoms with Gasteiger partial charge in [0.25, 0.3) is 0 Å². The van der Waals surface area contributed by atoms with Crippen LogP contribution in [0.3, 0.4) is 0 Å². The van der Waals surface area contributed by atoms with Crippen molar-refractivity contribution in [2.24, 2.45) is 10.7 Å². The summed E-state index contributed by atoms with van der Waals surface area (Å²) in [6, 6.07) is 10.5. The van der Waals surface area contributed by atoms with Crippen LogP contribution >= 0.6 is 0 Å². The monoisotopic (exact) mass is 245 g/mol. The van der Waals surface area contributed by atoms with Crippen LogP contribution in [0.25, 0.3) is 0 Å². The van der Waals surface area contributed by atoms with Gasteiger partial charge in [-0.2, -0.15) is 0 Å². The first-order chi connectivity index (χ1) is 8.81. The second kappa shape index (κ2) is 6.43. The number of hydrogen-bond donors (Lipinski definition) is 1. The van der Waals surface area contributed by atoms with Crippen LogP contribution in [0, 0.1) is 0 Å². The fraction of sp³-hybridized carbons (Fsp3) is 0.533. The first kappa shape index (κ1) is 12.9. The Bertz CT molecular complexity index is 384. The van der Waals surface area contributed by atoms with Crippen LogP contribution < -0.4 is 5.73 Å². The highest BCUT2D eigenvalue weighted by Crippen LogP contribution is 2.21. The van der Waals surface area contributed by atoms with Crippen molar-refractivity contribution in [2.45, 2.75) is 45.1 Å². The Morgan fingerprint density at radius 3 is 2.83 bits per heavy atom. The van der Waals surface area contributed by atoms with E-state index in [-0.39, 0.29) is 0 Å². The molecule has 0 radical (unpaired) electrons. The van der Waals surface area contributed by atoms with E-state index in [1.807, 2.05) is 30.3 Å². The van der Waals surface area contributed by atoms with E-state index in [0.717, 1.165) is 12.2 Å². The van der Waals surface area contributed by atoms with Crippen molar-refractivity contribution in [1.29, 1.82) is 0 Å². The molecular weight excluding hydrogens is 222 g/mol. The Hall–Kier alpha value is -1.51. The van der Waals surface area contributed by atoms with Gasteiger partial charge >= 0.3 is 0 Å². The number of aliphatic imine (C=N–C) groups is 1. The maximum Gasteiger partial charge on any atom is 0.196 e. The third-order valence-corrected chi connectivity index (χ3v) is 3.54. The van der Waals surface area contributed by atoms with Gasteiger partial charge in [0.05, 0.1) is 5.69 Å². The zero-order valence-corrected chi connectivity index (χ0v) is 11.2. The third kappa shape index (κ3) is 3.25. The van der Waals surface area contributed by atoms with Crippen LogP contribution in [0.15, 0.2) is 35.3 Å². The molecule has 0 spiro atoms. The van der Waals surface area contributed by atoms with E-state index in [9.17, 15) is 0 Å². The van der Waals surface area contributed by atoms with Crippen LogP contribution in [0.5, 0.6) is 0 Å². The van der Waals surface area contributed by atoms with Gasteiger partial charge in [0.1, 0.15) is 0 Å². The predicted octanol–water partition coefficient (Wildman–Crippen LogP) is 3.29. The Labute approximate surface area is 110 Å². The van der Waals surface area contributed by atoms with Gasteiger partial charge in [-0.3, -0.25) is 0 Å². The largest absolute Gasteiger partial charge is 0.369 e. The highest BCUT2D eigenvalue weighted by atomic mass is 15.3. The minimum atomic E-state index is 0.580. The summed E-state index contributed by atoms with van der Waals surface area (Å²) in [5.74, 6) is 0.680. The van der Waals surface area contributed by atoms with Crippen molar-refractivity contribution >= 4 is 11.6 Å². The van der Waals surface area contributed by atoms with E-state index in [4.69, 9.17) is 5.73 Å². The first-order valence-corrected chi connectivity index (χ1v) is 6.97. The van der Waals surface area contributed by atoms with Crippen LogP contribution in [0.4, 0.5) is 5.69 Å². The molecule has 1 aromatic carbocycles. The van der Waals surface area contributed by atoms with Crippen LogP contribution in [-0.4, -0.2) is 23.4 Å². The molecular formula is C15H23N3. The SMILES string of the molecule is CCCC1CCCCN1C(N)=Nc1ccccc1. The Kier molecular flexibility index (Phi) is 4.62. The predicted molar refractivity (Wildman–Crippen MR) is 77.0 cm³/mol. The number of likely N-dealkylation sites (tertiary alicyclic amines) is 1. The molecule has 1 heterocycles. The summed E-state index contributed by atoms with van der Waals surface area (Å²) in [5.41, 5.74) is 7.12. The lowest BCUT2D eigenvalue weighted by Gasteiger charge is -2.36. The second-order valence-electron chi connectivity index (χ2n) is 4.94. The van der Waals surface area contributed by atoms with E-state index in [1.165, 1.54) is 32.1 Å². The minimum absolute atomic E-state index is 0.580. The number of guanidine groups is 1. The smallest absolute Gasteiger partial charge is 0.196 e. The molecule has 2 N–H and O–H groups in total. The Balaban J connectivity index is 2.10. The zero-order chi connectivity index (χ0) is 12.8. The average molecular weight is 245 g/mol. The van der Waals surface area contributed by atoms with Gasteiger partial charge in [0.2, 0.25) is 0 Å². The highest BCUT2D eigenvalue weighted by molar-refractivity contribution is 5.81. The third-order valence-electron chi connectivity index (χ3n) is 3.54. The molecule has 1 unspecified atom stereocenters. The molecule has 1 atom stereocenters. The number of nitrogens with two attached hydrogens (primary N) is 1. The fourth-order valence-corrected chi connectivity index (χ4v) is 2.63. The number of hydrogen-bond acceptors (Lipinski definition) is 1. The summed E-state index contributed by atoms with van der Waals surface area (Å²) >= 11 is 0. The molecule has 0 amide bonds. The van der Waals surface area contributed by atoms with Crippen molar-refractivity contribution in [2.75, 3.05) is 6.54 Å². The van der Waals surface area contributed by atoms with Crippen molar-refractivity contribution in [1.82, 2.24) is 4.90 Å². The second-order valence-corrected chi connectivity index (χ2v) is 4.94. The number of nitrogens with zero attached hydrogens (tertiary/aromatic N) is 2. The molecule has 0 bridgehead atoms. The normalized spacial score (nSPS) is 21.1. The Morgan fingerprint density at radius 2 is 2.11 bits per heavy atom. The molecule has 2 rings (SSSR count). The maximum absolute atomic E-state index is 6.18. The van der Waals surface area contributed by atoms with Gasteiger partial charge in [-0.25, -0.2) is 4.99 Å². The molecule has 0 aliphatic carbocycles. The lowest BCUT2D eigenvalue weighted by Crippen LogP contribution is -2.47. The molecule has 3 nitrogen and oxygen atoms in total. The zero-order valence-electron chi connectivity index (χ0n) is 11.2. The molecule has 3 heteroatoms. The van der Waals surface area contributed by atoms with Gasteiger partial charge in [-0.1, -0.05) is 31.5 Å². The van der Waals surface area contributed by atoms with Crippen molar-refractivity contribution in [3.8, 4) is 0 Å². The summed E-state index contributed by atoms with van der Waals surface area (Å²) in [5, 5.41) is 0. The van der Waals surface area contributed by atoms with Gasteiger partial charge in [0, 0.05) is 12.6 Å². The molecule has 98 valence electrons. The van der Waals surface area contributed by atoms with E-state index < -0.39 is 0 Å². The van der Waals surface area contributed by atoms with E-state index in [0.29, 0.717) is 12.0 Å². The topological polar surface area (TPSA) is 41.6 Å². The molecule has 0 aromatic heterocycles. The summed E-state index contributed by atoms with van der Waals surface area (Å²) in [6.45, 7) is 3.28. The van der Waals surface area contributed by atoms with Crippen molar-refractivity contribution in [3.63, 3.8) is 0 Å². The summed E-state index contributed by atoms with van der Waals surface area (Å²) in [7, 11) is 0. The van der Waals surface area contributed by atoms with Crippen LogP contribution in [0.1, 0.15) is 39.0 Å². The number of benzene rings is 1. The molecule has 1 fully saturated rings. The molecule has 1 aromatic rings. The van der Waals surface area contributed by atoms with E-state index >= 15 is 0 Å². The summed E-state index contributed by atoms with van der Waals surface area (Å²) in [6.07, 6.45) is 6.22. The van der Waals surface area contributed by atoms with Gasteiger partial charge in [-0.15, -0.1) is 0 Å². The lowest BCUT2D eigenvalue weighted by molar-refractivity contribution is 0.226. The number of rotatable bonds is 3. The molecule has 0 saturated carbocycles. The first-order valence-electron chi connectivity index (χ1n) is 6.97. The quantitative estimate of drug-likeness (QED) is 0.656. The summed E-state index contributed by atoms with van der Waals surface area (Å²) in [4.78, 5) is 6.83. The Morgan fingerprint density at radius 1 is 1.33 bits per heavy atom. The van der Waals surface area contributed by atoms with Gasteiger partial charge in [0.15, 0.2) is 5.96 Å². The maximum atomic E-state index is 6.18. The van der Waals surface area contributed by atoms with Crippen molar-refractivity contribution in [3.05, 3.63) is 30.3 Å². The molecule has 1 aliphatic heterocycles. The number of piperidine rings is 1. The number of para-hydroxylation sites is 1. The minimum Gasteiger partial charge on any atom is -0.369 e. The fourth-order valence-electron chi connectivity index (χ4n) is 2.63. The molecule has 1 aliphatic rings. The van der Waals surface area contributed by atoms with Gasteiger partial charge < -0.3 is 10.6 Å². The van der Waals surface area contributed by atoms with Crippen molar-refractivity contribution < 1.29 is 0 Å². The van der Waals surface area contributed by atoms with Gasteiger partial charge in [-0.05, 0) is 37.8 Å². The highest BCUT2D eigenvalue weighted by Gasteiger charge is 2.22. The van der Waals surface area contributed by atoms with Crippen LogP contribution in [-0.2, 0) is 0 Å². The molecule has 18 heavy (non-hydrogen) atoms. The van der Waals surface area contributed by atoms with E-state index in [1.54, 1.807) is 0 Å². The standard InChI is InChI=1S/C15H23N3/c1-2-8-14-11-6-7-12-18(14)15(16)17-13-9-4-3-5-10-13/h3-5,9-10,14H,2,6-8,11-12H2,1H3,(H2,16,17). The average Bonchev–Trinajstić information content (AvgIpc) is 2.41. The summed E-state index contributed by atoms with van der Waals surface area (Å²) < 4.78 is 0.